The number of hydrogen-bond acceptors (Lipinski definition) is 5. The van der Waals surface area contributed by atoms with E-state index in [4.69, 9.17) is 21.1 Å². The number of nitrogens with one attached hydrogen (secondary N) is 1. The van der Waals surface area contributed by atoms with Gasteiger partial charge in [0, 0.05) is 25.1 Å². The SMILES string of the molecule is Clc1cccnc1N[C@@H]1CCOC[C@H]1Oc1ccccn1. The fraction of sp³-hybridized carbons (Fsp3) is 0.333. The molecule has 0 spiro atoms. The molecular formula is C15H16ClN3O2. The van der Waals surface area contributed by atoms with Crippen molar-refractivity contribution in [1.82, 2.24) is 9.97 Å². The van der Waals surface area contributed by atoms with Gasteiger partial charge in [-0.05, 0) is 24.6 Å². The molecule has 2 aromatic rings. The van der Waals surface area contributed by atoms with Crippen LogP contribution in [0.1, 0.15) is 6.42 Å². The van der Waals surface area contributed by atoms with E-state index in [0.29, 0.717) is 29.9 Å². The van der Waals surface area contributed by atoms with Crippen LogP contribution in [-0.4, -0.2) is 35.3 Å². The average molecular weight is 306 g/mol. The maximum absolute atomic E-state index is 6.14. The highest BCUT2D eigenvalue weighted by molar-refractivity contribution is 6.32. The van der Waals surface area contributed by atoms with Crippen LogP contribution in [0.15, 0.2) is 42.7 Å². The third kappa shape index (κ3) is 3.62. The van der Waals surface area contributed by atoms with E-state index >= 15 is 0 Å². The first-order chi connectivity index (χ1) is 10.3. The summed E-state index contributed by atoms with van der Waals surface area (Å²) in [6.07, 6.45) is 4.11. The second kappa shape index (κ2) is 6.74. The van der Waals surface area contributed by atoms with E-state index in [9.17, 15) is 0 Å². The van der Waals surface area contributed by atoms with Gasteiger partial charge in [-0.1, -0.05) is 17.7 Å². The molecule has 1 saturated heterocycles. The lowest BCUT2D eigenvalue weighted by Crippen LogP contribution is -2.45. The summed E-state index contributed by atoms with van der Waals surface area (Å²) in [5.74, 6) is 1.26. The van der Waals surface area contributed by atoms with Crippen molar-refractivity contribution in [1.29, 1.82) is 0 Å². The molecular weight excluding hydrogens is 290 g/mol. The molecule has 0 amide bonds. The summed E-state index contributed by atoms with van der Waals surface area (Å²) in [7, 11) is 0. The second-order valence-corrected chi connectivity index (χ2v) is 5.18. The van der Waals surface area contributed by atoms with Crippen LogP contribution in [-0.2, 0) is 4.74 Å². The number of rotatable bonds is 4. The second-order valence-electron chi connectivity index (χ2n) is 4.77. The Labute approximate surface area is 128 Å². The summed E-state index contributed by atoms with van der Waals surface area (Å²) in [6, 6.07) is 9.27. The van der Waals surface area contributed by atoms with Gasteiger partial charge in [0.2, 0.25) is 5.88 Å². The molecule has 1 fully saturated rings. The van der Waals surface area contributed by atoms with Crippen LogP contribution < -0.4 is 10.1 Å². The molecule has 0 bridgehead atoms. The number of halogens is 1. The Kier molecular flexibility index (Phi) is 4.52. The standard InChI is InChI=1S/C15H16ClN3O2/c16-11-4-3-8-18-15(11)19-12-6-9-20-10-13(12)21-14-5-1-2-7-17-14/h1-5,7-8,12-13H,6,9-10H2,(H,18,19)/t12-,13-/m1/s1. The molecule has 3 heterocycles. The fourth-order valence-electron chi connectivity index (χ4n) is 2.23. The number of nitrogens with zero attached hydrogens (tertiary/aromatic N) is 2. The van der Waals surface area contributed by atoms with Crippen molar-refractivity contribution in [2.75, 3.05) is 18.5 Å². The largest absolute Gasteiger partial charge is 0.470 e. The Hall–Kier alpha value is -1.85. The molecule has 1 aliphatic rings. The van der Waals surface area contributed by atoms with E-state index in [-0.39, 0.29) is 12.1 Å². The molecule has 21 heavy (non-hydrogen) atoms. The predicted molar refractivity (Wildman–Crippen MR) is 80.7 cm³/mol. The molecule has 6 heteroatoms. The first-order valence-electron chi connectivity index (χ1n) is 6.85. The number of anilines is 1. The molecule has 0 unspecified atom stereocenters. The van der Waals surface area contributed by atoms with Crippen molar-refractivity contribution in [3.05, 3.63) is 47.7 Å². The van der Waals surface area contributed by atoms with Gasteiger partial charge in [0.05, 0.1) is 17.7 Å². The van der Waals surface area contributed by atoms with Crippen molar-refractivity contribution >= 4 is 17.4 Å². The van der Waals surface area contributed by atoms with Crippen LogP contribution >= 0.6 is 11.6 Å². The first-order valence-corrected chi connectivity index (χ1v) is 7.23. The molecule has 110 valence electrons. The van der Waals surface area contributed by atoms with Crippen molar-refractivity contribution in [2.45, 2.75) is 18.6 Å². The lowest BCUT2D eigenvalue weighted by Gasteiger charge is -2.32. The van der Waals surface area contributed by atoms with E-state index in [1.165, 1.54) is 0 Å². The highest BCUT2D eigenvalue weighted by Gasteiger charge is 2.28. The van der Waals surface area contributed by atoms with E-state index in [0.717, 1.165) is 6.42 Å². The lowest BCUT2D eigenvalue weighted by molar-refractivity contribution is -0.00251. The molecule has 0 aromatic carbocycles. The maximum Gasteiger partial charge on any atom is 0.213 e. The molecule has 1 aliphatic heterocycles. The Morgan fingerprint density at radius 3 is 2.90 bits per heavy atom. The molecule has 2 aromatic heterocycles. The summed E-state index contributed by atoms with van der Waals surface area (Å²) in [5.41, 5.74) is 0. The minimum atomic E-state index is -0.133. The number of ether oxygens (including phenoxy) is 2. The van der Waals surface area contributed by atoms with E-state index < -0.39 is 0 Å². The zero-order chi connectivity index (χ0) is 14.5. The van der Waals surface area contributed by atoms with Crippen molar-refractivity contribution in [3.8, 4) is 5.88 Å². The average Bonchev–Trinajstić information content (AvgIpc) is 2.52. The third-order valence-electron chi connectivity index (χ3n) is 3.29. The van der Waals surface area contributed by atoms with Crippen LogP contribution in [0.2, 0.25) is 5.02 Å². The highest BCUT2D eigenvalue weighted by Crippen LogP contribution is 2.23. The van der Waals surface area contributed by atoms with Gasteiger partial charge in [-0.25, -0.2) is 9.97 Å². The van der Waals surface area contributed by atoms with Crippen LogP contribution in [0.25, 0.3) is 0 Å². The minimum Gasteiger partial charge on any atom is -0.470 e. The smallest absolute Gasteiger partial charge is 0.213 e. The quantitative estimate of drug-likeness (QED) is 0.941. The monoisotopic (exact) mass is 305 g/mol. The minimum absolute atomic E-state index is 0.0770. The van der Waals surface area contributed by atoms with Gasteiger partial charge in [-0.15, -0.1) is 0 Å². The fourth-order valence-corrected chi connectivity index (χ4v) is 2.41. The molecule has 5 nitrogen and oxygen atoms in total. The summed E-state index contributed by atoms with van der Waals surface area (Å²) >= 11 is 6.14. The Balaban J connectivity index is 1.71. The summed E-state index contributed by atoms with van der Waals surface area (Å²) in [6.45, 7) is 1.20. The lowest BCUT2D eigenvalue weighted by atomic mass is 10.1. The van der Waals surface area contributed by atoms with Crippen LogP contribution in [0.3, 0.4) is 0 Å². The van der Waals surface area contributed by atoms with Crippen LogP contribution in [0.5, 0.6) is 5.88 Å². The summed E-state index contributed by atoms with van der Waals surface area (Å²) in [5, 5.41) is 3.94. The number of pyridine rings is 2. The molecule has 0 aliphatic carbocycles. The van der Waals surface area contributed by atoms with Crippen molar-refractivity contribution in [2.24, 2.45) is 0 Å². The zero-order valence-corrected chi connectivity index (χ0v) is 12.2. The van der Waals surface area contributed by atoms with E-state index in [2.05, 4.69) is 15.3 Å². The number of aromatic nitrogens is 2. The van der Waals surface area contributed by atoms with Gasteiger partial charge in [0.1, 0.15) is 11.9 Å². The van der Waals surface area contributed by atoms with Gasteiger partial charge in [-0.2, -0.15) is 0 Å². The zero-order valence-electron chi connectivity index (χ0n) is 11.4. The topological polar surface area (TPSA) is 56.3 Å². The molecule has 0 radical (unpaired) electrons. The Morgan fingerprint density at radius 2 is 2.10 bits per heavy atom. The molecule has 0 saturated carbocycles. The van der Waals surface area contributed by atoms with E-state index in [1.54, 1.807) is 18.5 Å². The third-order valence-corrected chi connectivity index (χ3v) is 3.60. The van der Waals surface area contributed by atoms with Gasteiger partial charge < -0.3 is 14.8 Å². The first kappa shape index (κ1) is 14.1. The van der Waals surface area contributed by atoms with E-state index in [1.807, 2.05) is 24.3 Å². The maximum atomic E-state index is 6.14. The van der Waals surface area contributed by atoms with Gasteiger partial charge in [0.25, 0.3) is 0 Å². The predicted octanol–water partition coefficient (Wildman–Crippen LogP) is 2.78. The molecule has 1 N–H and O–H groups in total. The Morgan fingerprint density at radius 1 is 1.19 bits per heavy atom. The van der Waals surface area contributed by atoms with Crippen LogP contribution in [0.4, 0.5) is 5.82 Å². The van der Waals surface area contributed by atoms with Gasteiger partial charge in [0.15, 0.2) is 0 Å². The van der Waals surface area contributed by atoms with Gasteiger partial charge >= 0.3 is 0 Å². The van der Waals surface area contributed by atoms with Crippen molar-refractivity contribution in [3.63, 3.8) is 0 Å². The van der Waals surface area contributed by atoms with Crippen LogP contribution in [0, 0.1) is 0 Å². The number of hydrogen-bond donors (Lipinski definition) is 1. The summed E-state index contributed by atoms with van der Waals surface area (Å²) in [4.78, 5) is 8.44. The highest BCUT2D eigenvalue weighted by atomic mass is 35.5. The Bertz CT molecular complexity index is 582. The van der Waals surface area contributed by atoms with Gasteiger partial charge in [-0.3, -0.25) is 0 Å². The summed E-state index contributed by atoms with van der Waals surface area (Å²) < 4.78 is 11.4. The molecule has 2 atom stereocenters. The normalized spacial score (nSPS) is 21.8. The van der Waals surface area contributed by atoms with Crippen molar-refractivity contribution < 1.29 is 9.47 Å². The molecule has 3 rings (SSSR count).